The number of ether oxygens (including phenoxy) is 2. The highest BCUT2D eigenvalue weighted by Gasteiger charge is 2.43. The lowest BCUT2D eigenvalue weighted by atomic mass is 10.0. The largest absolute Gasteiger partial charge is 0.496 e. The summed E-state index contributed by atoms with van der Waals surface area (Å²) in [4.78, 5) is 30.1. The predicted octanol–water partition coefficient (Wildman–Crippen LogP) is 2.62. The zero-order chi connectivity index (χ0) is 19.7. The van der Waals surface area contributed by atoms with Gasteiger partial charge in [-0.3, -0.25) is 9.59 Å². The molecule has 0 aromatic heterocycles. The van der Waals surface area contributed by atoms with Gasteiger partial charge in [0.1, 0.15) is 11.4 Å². The van der Waals surface area contributed by atoms with Gasteiger partial charge >= 0.3 is 0 Å². The number of methoxy groups -OCH3 is 1. The molecule has 0 bridgehead atoms. The summed E-state index contributed by atoms with van der Waals surface area (Å²) in [7, 11) is 1.56. The number of benzene rings is 2. The Morgan fingerprint density at radius 2 is 1.71 bits per heavy atom. The van der Waals surface area contributed by atoms with Crippen molar-refractivity contribution >= 4 is 23.1 Å². The molecule has 1 fully saturated rings. The molecular formula is C22H22N2O4. The van der Waals surface area contributed by atoms with Gasteiger partial charge in [0.05, 0.1) is 31.6 Å². The van der Waals surface area contributed by atoms with E-state index in [9.17, 15) is 9.59 Å². The Labute approximate surface area is 164 Å². The van der Waals surface area contributed by atoms with Crippen molar-refractivity contribution in [1.29, 1.82) is 0 Å². The summed E-state index contributed by atoms with van der Waals surface area (Å²) < 4.78 is 10.9. The minimum atomic E-state index is -0.332. The van der Waals surface area contributed by atoms with E-state index in [0.717, 1.165) is 5.56 Å². The molecule has 1 saturated heterocycles. The topological polar surface area (TPSA) is 59.1 Å². The van der Waals surface area contributed by atoms with E-state index in [-0.39, 0.29) is 11.8 Å². The highest BCUT2D eigenvalue weighted by Crippen LogP contribution is 2.38. The molecule has 2 aliphatic heterocycles. The fourth-order valence-corrected chi connectivity index (χ4v) is 3.69. The number of nitrogens with zero attached hydrogens (tertiary/aromatic N) is 2. The van der Waals surface area contributed by atoms with E-state index in [2.05, 4.69) is 0 Å². The lowest BCUT2D eigenvalue weighted by Crippen LogP contribution is -2.40. The maximum atomic E-state index is 13.5. The normalized spacial score (nSPS) is 17.5. The number of carbonyl (C=O) groups excluding carboxylic acids is 2. The van der Waals surface area contributed by atoms with E-state index in [1.54, 1.807) is 19.2 Å². The van der Waals surface area contributed by atoms with Gasteiger partial charge in [0, 0.05) is 18.7 Å². The molecule has 6 nitrogen and oxygen atoms in total. The van der Waals surface area contributed by atoms with Gasteiger partial charge in [0.15, 0.2) is 0 Å². The number of para-hydroxylation sites is 1. The van der Waals surface area contributed by atoms with Crippen LogP contribution in [0.15, 0.2) is 54.2 Å². The van der Waals surface area contributed by atoms with Crippen LogP contribution < -0.4 is 9.64 Å². The standard InChI is InChI=1S/C22H22N2O4/c1-15-6-5-7-16(14-15)24-21(25)19(17-8-3-4-9-18(17)27-2)20(22(24)26)23-10-12-28-13-11-23/h3-9,14H,10-13H2,1-2H3. The lowest BCUT2D eigenvalue weighted by molar-refractivity contribution is -0.121. The fraction of sp³-hybridized carbons (Fsp3) is 0.273. The number of imide groups is 1. The van der Waals surface area contributed by atoms with Gasteiger partial charge in [-0.15, -0.1) is 0 Å². The van der Waals surface area contributed by atoms with E-state index in [1.807, 2.05) is 48.2 Å². The molecule has 0 atom stereocenters. The highest BCUT2D eigenvalue weighted by atomic mass is 16.5. The maximum absolute atomic E-state index is 13.5. The minimum absolute atomic E-state index is 0.307. The third-order valence-corrected chi connectivity index (χ3v) is 5.02. The van der Waals surface area contributed by atoms with Crippen molar-refractivity contribution in [1.82, 2.24) is 4.90 Å². The third-order valence-electron chi connectivity index (χ3n) is 5.02. The second-order valence-corrected chi connectivity index (χ2v) is 6.81. The zero-order valence-electron chi connectivity index (χ0n) is 16.0. The van der Waals surface area contributed by atoms with Crippen LogP contribution in [0.5, 0.6) is 5.75 Å². The average molecular weight is 378 g/mol. The Morgan fingerprint density at radius 1 is 0.964 bits per heavy atom. The number of amides is 2. The molecule has 0 saturated carbocycles. The molecule has 2 aromatic rings. The Bertz CT molecular complexity index is 961. The van der Waals surface area contributed by atoms with Crippen LogP contribution in [0.3, 0.4) is 0 Å². The second-order valence-electron chi connectivity index (χ2n) is 6.81. The molecular weight excluding hydrogens is 356 g/mol. The van der Waals surface area contributed by atoms with E-state index in [4.69, 9.17) is 9.47 Å². The highest BCUT2D eigenvalue weighted by molar-refractivity contribution is 6.45. The van der Waals surface area contributed by atoms with Gasteiger partial charge in [-0.1, -0.05) is 30.3 Å². The quantitative estimate of drug-likeness (QED) is 0.766. The van der Waals surface area contributed by atoms with Crippen molar-refractivity contribution in [2.75, 3.05) is 38.3 Å². The van der Waals surface area contributed by atoms with Crippen LogP contribution in [-0.4, -0.2) is 50.1 Å². The van der Waals surface area contributed by atoms with Crippen molar-refractivity contribution in [2.45, 2.75) is 6.92 Å². The SMILES string of the molecule is COc1ccccc1C1=C(N2CCOCC2)C(=O)N(c2cccc(C)c2)C1=O. The molecule has 0 radical (unpaired) electrons. The molecule has 0 unspecified atom stereocenters. The molecule has 2 aliphatic rings. The molecule has 2 heterocycles. The molecule has 2 aromatic carbocycles. The first-order valence-corrected chi connectivity index (χ1v) is 9.27. The van der Waals surface area contributed by atoms with Crippen molar-refractivity contribution in [3.05, 3.63) is 65.4 Å². The molecule has 28 heavy (non-hydrogen) atoms. The van der Waals surface area contributed by atoms with Gasteiger partial charge in [0.2, 0.25) is 0 Å². The Hall–Kier alpha value is -3.12. The first kappa shape index (κ1) is 18.3. The van der Waals surface area contributed by atoms with Crippen LogP contribution in [0.25, 0.3) is 5.57 Å². The number of rotatable bonds is 4. The van der Waals surface area contributed by atoms with Crippen LogP contribution in [-0.2, 0) is 14.3 Å². The summed E-state index contributed by atoms with van der Waals surface area (Å²) in [6.45, 7) is 4.11. The summed E-state index contributed by atoms with van der Waals surface area (Å²) in [6.07, 6.45) is 0. The number of aryl methyl sites for hydroxylation is 1. The van der Waals surface area contributed by atoms with E-state index in [0.29, 0.717) is 54.6 Å². The molecule has 0 spiro atoms. The number of hydrogen-bond acceptors (Lipinski definition) is 5. The first-order valence-electron chi connectivity index (χ1n) is 9.27. The molecule has 6 heteroatoms. The summed E-state index contributed by atoms with van der Waals surface area (Å²) in [5.41, 5.74) is 2.98. The number of anilines is 1. The first-order chi connectivity index (χ1) is 13.6. The van der Waals surface area contributed by atoms with Crippen LogP contribution in [0, 0.1) is 6.92 Å². The molecule has 0 N–H and O–H groups in total. The van der Waals surface area contributed by atoms with Crippen molar-refractivity contribution < 1.29 is 19.1 Å². The Morgan fingerprint density at radius 3 is 2.43 bits per heavy atom. The number of carbonyl (C=O) groups is 2. The zero-order valence-corrected chi connectivity index (χ0v) is 16.0. The smallest absolute Gasteiger partial charge is 0.282 e. The van der Waals surface area contributed by atoms with Crippen LogP contribution in [0.1, 0.15) is 11.1 Å². The van der Waals surface area contributed by atoms with Crippen molar-refractivity contribution in [2.24, 2.45) is 0 Å². The summed E-state index contributed by atoms with van der Waals surface area (Å²) in [5, 5.41) is 0. The molecule has 144 valence electrons. The van der Waals surface area contributed by atoms with Gasteiger partial charge in [-0.05, 0) is 30.7 Å². The fourth-order valence-electron chi connectivity index (χ4n) is 3.69. The van der Waals surface area contributed by atoms with Crippen molar-refractivity contribution in [3.8, 4) is 5.75 Å². The van der Waals surface area contributed by atoms with Crippen molar-refractivity contribution in [3.63, 3.8) is 0 Å². The summed E-state index contributed by atoms with van der Waals surface area (Å²) in [5.74, 6) is -0.0736. The van der Waals surface area contributed by atoms with Crippen LogP contribution >= 0.6 is 0 Å². The lowest BCUT2D eigenvalue weighted by Gasteiger charge is -2.29. The van der Waals surface area contributed by atoms with E-state index < -0.39 is 0 Å². The summed E-state index contributed by atoms with van der Waals surface area (Å²) in [6, 6.07) is 14.7. The number of morpholine rings is 1. The van der Waals surface area contributed by atoms with Crippen LogP contribution in [0.4, 0.5) is 5.69 Å². The molecule has 4 rings (SSSR count). The van der Waals surface area contributed by atoms with Gasteiger partial charge in [-0.2, -0.15) is 0 Å². The van der Waals surface area contributed by atoms with Gasteiger partial charge in [-0.25, -0.2) is 4.90 Å². The van der Waals surface area contributed by atoms with Crippen LogP contribution in [0.2, 0.25) is 0 Å². The Kier molecular flexibility index (Phi) is 4.88. The molecule has 2 amide bonds. The second kappa shape index (κ2) is 7.48. The minimum Gasteiger partial charge on any atom is -0.496 e. The van der Waals surface area contributed by atoms with E-state index in [1.165, 1.54) is 4.90 Å². The van der Waals surface area contributed by atoms with Gasteiger partial charge in [0.25, 0.3) is 11.8 Å². The average Bonchev–Trinajstić information content (AvgIpc) is 2.98. The monoisotopic (exact) mass is 378 g/mol. The van der Waals surface area contributed by atoms with Gasteiger partial charge < -0.3 is 14.4 Å². The predicted molar refractivity (Wildman–Crippen MR) is 106 cm³/mol. The van der Waals surface area contributed by atoms with E-state index >= 15 is 0 Å². The third kappa shape index (κ3) is 3.05. The molecule has 0 aliphatic carbocycles. The number of hydrogen-bond donors (Lipinski definition) is 0. The maximum Gasteiger partial charge on any atom is 0.282 e. The Balaban J connectivity index is 1.87. The summed E-state index contributed by atoms with van der Waals surface area (Å²) >= 11 is 0.